The molecule has 0 radical (unpaired) electrons. The highest BCUT2D eigenvalue weighted by atomic mass is 32.2. The molecule has 1 aromatic heterocycles. The van der Waals surface area contributed by atoms with Gasteiger partial charge < -0.3 is 14.5 Å². The monoisotopic (exact) mass is 418 g/mol. The lowest BCUT2D eigenvalue weighted by atomic mass is 10.2. The van der Waals surface area contributed by atoms with E-state index in [2.05, 4.69) is 16.6 Å². The first-order valence-electron chi connectivity index (χ1n) is 8.71. The standard InChI is InChI=1S/C20H22N2O6S/c1-3-12-21-20(24)15(2)28-19(23)11-8-16-6-9-18(10-7-16)29(25,26)22-14-17-5-4-13-27-17/h3-11,13,15,22H,1,12,14H2,2H3,(H,21,24)/b11-8+. The minimum atomic E-state index is -3.69. The van der Waals surface area contributed by atoms with Crippen LogP contribution >= 0.6 is 0 Å². The SMILES string of the molecule is C=CCNC(=O)C(C)OC(=O)/C=C/c1ccc(S(=O)(=O)NCc2ccco2)cc1. The lowest BCUT2D eigenvalue weighted by molar-refractivity contribution is -0.150. The summed E-state index contributed by atoms with van der Waals surface area (Å²) in [6.45, 7) is 5.26. The van der Waals surface area contributed by atoms with Gasteiger partial charge in [-0.1, -0.05) is 18.2 Å². The van der Waals surface area contributed by atoms with Gasteiger partial charge in [0.15, 0.2) is 6.10 Å². The molecule has 2 aromatic rings. The van der Waals surface area contributed by atoms with Crippen molar-refractivity contribution >= 4 is 28.0 Å². The van der Waals surface area contributed by atoms with Crippen LogP contribution in [0.5, 0.6) is 0 Å². The molecule has 9 heteroatoms. The largest absolute Gasteiger partial charge is 0.468 e. The number of hydrogen-bond acceptors (Lipinski definition) is 6. The number of ether oxygens (including phenoxy) is 1. The average Bonchev–Trinajstić information content (AvgIpc) is 3.23. The molecule has 0 saturated carbocycles. The van der Waals surface area contributed by atoms with E-state index in [1.165, 1.54) is 37.5 Å². The molecule has 29 heavy (non-hydrogen) atoms. The Labute approximate surface area is 169 Å². The molecule has 0 fully saturated rings. The summed E-state index contributed by atoms with van der Waals surface area (Å²) in [5.74, 6) is -0.620. The molecule has 0 saturated heterocycles. The first-order chi connectivity index (χ1) is 13.8. The molecule has 1 unspecified atom stereocenters. The van der Waals surface area contributed by atoms with Crippen LogP contribution in [-0.4, -0.2) is 32.9 Å². The molecule has 1 amide bonds. The number of hydrogen-bond donors (Lipinski definition) is 2. The second kappa shape index (κ2) is 10.4. The van der Waals surface area contributed by atoms with E-state index in [1.807, 2.05) is 0 Å². The number of furan rings is 1. The maximum Gasteiger partial charge on any atom is 0.331 e. The number of carbonyl (C=O) groups is 2. The fourth-order valence-electron chi connectivity index (χ4n) is 2.17. The number of nitrogens with one attached hydrogen (secondary N) is 2. The van der Waals surface area contributed by atoms with Crippen molar-refractivity contribution in [1.82, 2.24) is 10.0 Å². The highest BCUT2D eigenvalue weighted by Gasteiger charge is 2.16. The van der Waals surface area contributed by atoms with Gasteiger partial charge in [0, 0.05) is 12.6 Å². The Morgan fingerprint density at radius 3 is 2.59 bits per heavy atom. The van der Waals surface area contributed by atoms with Gasteiger partial charge >= 0.3 is 5.97 Å². The van der Waals surface area contributed by atoms with Crippen molar-refractivity contribution in [3.05, 3.63) is 72.7 Å². The van der Waals surface area contributed by atoms with Crippen LogP contribution in [-0.2, 0) is 30.9 Å². The Morgan fingerprint density at radius 2 is 1.97 bits per heavy atom. The highest BCUT2D eigenvalue weighted by Crippen LogP contribution is 2.13. The number of amides is 1. The number of esters is 1. The third-order valence-electron chi connectivity index (χ3n) is 3.70. The fourth-order valence-corrected chi connectivity index (χ4v) is 3.16. The van der Waals surface area contributed by atoms with Crippen LogP contribution in [0.4, 0.5) is 0 Å². The molecule has 0 spiro atoms. The Kier molecular flexibility index (Phi) is 7.93. The summed E-state index contributed by atoms with van der Waals surface area (Å²) in [7, 11) is -3.69. The van der Waals surface area contributed by atoms with Gasteiger partial charge in [0.05, 0.1) is 17.7 Å². The van der Waals surface area contributed by atoms with Crippen LogP contribution in [0.1, 0.15) is 18.2 Å². The van der Waals surface area contributed by atoms with Crippen LogP contribution in [0.15, 0.2) is 70.7 Å². The smallest absolute Gasteiger partial charge is 0.331 e. The van der Waals surface area contributed by atoms with E-state index in [4.69, 9.17) is 9.15 Å². The van der Waals surface area contributed by atoms with Gasteiger partial charge in [-0.05, 0) is 42.8 Å². The molecule has 2 rings (SSSR count). The lowest BCUT2D eigenvalue weighted by Gasteiger charge is -2.11. The summed E-state index contributed by atoms with van der Waals surface area (Å²) in [4.78, 5) is 23.5. The topological polar surface area (TPSA) is 115 Å². The maximum absolute atomic E-state index is 12.3. The normalized spacial score (nSPS) is 12.4. The second-order valence-electron chi connectivity index (χ2n) is 5.92. The summed E-state index contributed by atoms with van der Waals surface area (Å²) in [6.07, 6.45) is 4.66. The first kappa shape index (κ1) is 22.1. The van der Waals surface area contributed by atoms with E-state index in [9.17, 15) is 18.0 Å². The van der Waals surface area contributed by atoms with Crippen LogP contribution in [0, 0.1) is 0 Å². The zero-order chi connectivity index (χ0) is 21.3. The van der Waals surface area contributed by atoms with Gasteiger partial charge in [-0.2, -0.15) is 0 Å². The van der Waals surface area contributed by atoms with Gasteiger partial charge in [-0.15, -0.1) is 6.58 Å². The Bertz CT molecular complexity index is 963. The van der Waals surface area contributed by atoms with Gasteiger partial charge in [-0.3, -0.25) is 4.79 Å². The summed E-state index contributed by atoms with van der Waals surface area (Å²) in [5, 5.41) is 2.52. The van der Waals surface area contributed by atoms with E-state index in [-0.39, 0.29) is 18.0 Å². The minimum Gasteiger partial charge on any atom is -0.468 e. The molecule has 8 nitrogen and oxygen atoms in total. The molecule has 1 aromatic carbocycles. The Morgan fingerprint density at radius 1 is 1.24 bits per heavy atom. The molecule has 0 aliphatic rings. The van der Waals surface area contributed by atoms with Crippen molar-refractivity contribution in [3.8, 4) is 0 Å². The summed E-state index contributed by atoms with van der Waals surface area (Å²) < 4.78 is 37.1. The highest BCUT2D eigenvalue weighted by molar-refractivity contribution is 7.89. The number of benzene rings is 1. The molecule has 0 bridgehead atoms. The molecule has 2 N–H and O–H groups in total. The van der Waals surface area contributed by atoms with Crippen molar-refractivity contribution in [2.75, 3.05) is 6.54 Å². The van der Waals surface area contributed by atoms with E-state index in [0.29, 0.717) is 11.3 Å². The van der Waals surface area contributed by atoms with E-state index in [0.717, 1.165) is 6.08 Å². The van der Waals surface area contributed by atoms with Crippen molar-refractivity contribution in [2.24, 2.45) is 0 Å². The zero-order valence-corrected chi connectivity index (χ0v) is 16.6. The number of rotatable bonds is 10. The van der Waals surface area contributed by atoms with Crippen LogP contribution in [0.2, 0.25) is 0 Å². The molecule has 0 aliphatic heterocycles. The summed E-state index contributed by atoms with van der Waals surface area (Å²) in [5.41, 5.74) is 0.593. The quantitative estimate of drug-likeness (QED) is 0.347. The zero-order valence-electron chi connectivity index (χ0n) is 15.8. The van der Waals surface area contributed by atoms with E-state index < -0.39 is 28.0 Å². The third-order valence-corrected chi connectivity index (χ3v) is 5.12. The van der Waals surface area contributed by atoms with Crippen molar-refractivity contribution in [3.63, 3.8) is 0 Å². The first-order valence-corrected chi connectivity index (χ1v) is 10.2. The minimum absolute atomic E-state index is 0.0430. The van der Waals surface area contributed by atoms with Gasteiger partial charge in [0.25, 0.3) is 5.91 Å². The molecule has 1 atom stereocenters. The fraction of sp³-hybridized carbons (Fsp3) is 0.200. The number of carbonyl (C=O) groups excluding carboxylic acids is 2. The average molecular weight is 418 g/mol. The maximum atomic E-state index is 12.3. The molecule has 154 valence electrons. The number of sulfonamides is 1. The molecular formula is C20H22N2O6S. The van der Waals surface area contributed by atoms with Gasteiger partial charge in [-0.25, -0.2) is 17.9 Å². The molecule has 0 aliphatic carbocycles. The van der Waals surface area contributed by atoms with Crippen molar-refractivity contribution in [2.45, 2.75) is 24.5 Å². The summed E-state index contributed by atoms with van der Waals surface area (Å²) >= 11 is 0. The van der Waals surface area contributed by atoms with Crippen LogP contribution in [0.25, 0.3) is 6.08 Å². The second-order valence-corrected chi connectivity index (χ2v) is 7.69. The van der Waals surface area contributed by atoms with Gasteiger partial charge in [0.1, 0.15) is 5.76 Å². The third kappa shape index (κ3) is 7.05. The Hall–Kier alpha value is -3.17. The van der Waals surface area contributed by atoms with Gasteiger partial charge in [0.2, 0.25) is 10.0 Å². The van der Waals surface area contributed by atoms with E-state index in [1.54, 1.807) is 24.3 Å². The van der Waals surface area contributed by atoms with Crippen molar-refractivity contribution < 1.29 is 27.2 Å². The predicted molar refractivity (Wildman–Crippen MR) is 107 cm³/mol. The summed E-state index contributed by atoms with van der Waals surface area (Å²) in [6, 6.07) is 9.27. The molecular weight excluding hydrogens is 396 g/mol. The van der Waals surface area contributed by atoms with Crippen LogP contribution in [0.3, 0.4) is 0 Å². The molecule has 1 heterocycles. The predicted octanol–water partition coefficient (Wildman–Crippen LogP) is 2.01. The van der Waals surface area contributed by atoms with Crippen molar-refractivity contribution in [1.29, 1.82) is 0 Å². The van der Waals surface area contributed by atoms with E-state index >= 15 is 0 Å². The Balaban J connectivity index is 1.91. The van der Waals surface area contributed by atoms with Crippen LogP contribution < -0.4 is 10.0 Å². The lowest BCUT2D eigenvalue weighted by Crippen LogP contribution is -2.35.